The molecule has 1 N–H and O–H groups in total. The fraction of sp³-hybridized carbons (Fsp3) is 0.588. The largest absolute Gasteiger partial charge is 0.342 e. The SMILES string of the molecule is Cl.O=C(Cc1ccccc1F)N1CCC(C2CCCN2)CC1. The number of hydrogen-bond acceptors (Lipinski definition) is 2. The Hall–Kier alpha value is -1.13. The zero-order valence-electron chi connectivity index (χ0n) is 12.8. The van der Waals surface area contributed by atoms with Crippen molar-refractivity contribution in [3.63, 3.8) is 0 Å². The normalized spacial score (nSPS) is 22.4. The number of halogens is 2. The van der Waals surface area contributed by atoms with Gasteiger partial charge in [-0.25, -0.2) is 4.39 Å². The number of carbonyl (C=O) groups is 1. The molecule has 122 valence electrons. The first kappa shape index (κ1) is 17.2. The van der Waals surface area contributed by atoms with E-state index in [0.717, 1.165) is 32.5 Å². The third-order valence-corrected chi connectivity index (χ3v) is 4.86. The number of amides is 1. The molecule has 1 aromatic rings. The molecule has 3 nitrogen and oxygen atoms in total. The molecule has 1 amide bonds. The van der Waals surface area contributed by atoms with Crippen LogP contribution in [0.5, 0.6) is 0 Å². The minimum Gasteiger partial charge on any atom is -0.342 e. The molecule has 2 fully saturated rings. The molecule has 0 aliphatic carbocycles. The molecular formula is C17H24ClFN2O. The highest BCUT2D eigenvalue weighted by atomic mass is 35.5. The summed E-state index contributed by atoms with van der Waals surface area (Å²) in [5.41, 5.74) is 0.502. The maximum absolute atomic E-state index is 13.6. The molecule has 3 rings (SSSR count). The molecule has 1 aromatic carbocycles. The second kappa shape index (κ2) is 7.93. The lowest BCUT2D eigenvalue weighted by atomic mass is 9.88. The van der Waals surface area contributed by atoms with Crippen molar-refractivity contribution in [2.45, 2.75) is 38.1 Å². The second-order valence-electron chi connectivity index (χ2n) is 6.19. The second-order valence-corrected chi connectivity index (χ2v) is 6.19. The summed E-state index contributed by atoms with van der Waals surface area (Å²) in [6.07, 6.45) is 4.87. The minimum atomic E-state index is -0.282. The summed E-state index contributed by atoms with van der Waals surface area (Å²) in [5.74, 6) is 0.471. The van der Waals surface area contributed by atoms with E-state index in [-0.39, 0.29) is 30.6 Å². The van der Waals surface area contributed by atoms with Gasteiger partial charge in [0.15, 0.2) is 0 Å². The van der Waals surface area contributed by atoms with Gasteiger partial charge in [0, 0.05) is 19.1 Å². The molecule has 22 heavy (non-hydrogen) atoms. The number of benzene rings is 1. The molecule has 0 spiro atoms. The molecule has 0 bridgehead atoms. The Bertz CT molecular complexity index is 497. The van der Waals surface area contributed by atoms with Crippen molar-refractivity contribution < 1.29 is 9.18 Å². The van der Waals surface area contributed by atoms with Gasteiger partial charge in [0.2, 0.25) is 5.91 Å². The fourth-order valence-corrected chi connectivity index (χ4v) is 3.58. The Kier molecular flexibility index (Phi) is 6.21. The van der Waals surface area contributed by atoms with E-state index < -0.39 is 0 Å². The van der Waals surface area contributed by atoms with Gasteiger partial charge in [0.25, 0.3) is 0 Å². The van der Waals surface area contributed by atoms with Crippen LogP contribution in [0, 0.1) is 11.7 Å². The van der Waals surface area contributed by atoms with Crippen molar-refractivity contribution in [2.75, 3.05) is 19.6 Å². The van der Waals surface area contributed by atoms with Crippen LogP contribution >= 0.6 is 12.4 Å². The lowest BCUT2D eigenvalue weighted by molar-refractivity contribution is -0.132. The van der Waals surface area contributed by atoms with Crippen molar-refractivity contribution in [3.05, 3.63) is 35.6 Å². The summed E-state index contributed by atoms with van der Waals surface area (Å²) in [4.78, 5) is 14.2. The van der Waals surface area contributed by atoms with Gasteiger partial charge in [-0.05, 0) is 49.8 Å². The van der Waals surface area contributed by atoms with Crippen molar-refractivity contribution in [1.29, 1.82) is 0 Å². The Morgan fingerprint density at radius 3 is 2.59 bits per heavy atom. The highest BCUT2D eigenvalue weighted by molar-refractivity contribution is 5.85. The summed E-state index contributed by atoms with van der Waals surface area (Å²) in [5, 5.41) is 3.56. The van der Waals surface area contributed by atoms with Crippen LogP contribution in [0.15, 0.2) is 24.3 Å². The number of rotatable bonds is 3. The molecule has 1 unspecified atom stereocenters. The van der Waals surface area contributed by atoms with Crippen LogP contribution in [0.4, 0.5) is 4.39 Å². The van der Waals surface area contributed by atoms with Gasteiger partial charge in [-0.1, -0.05) is 18.2 Å². The predicted octanol–water partition coefficient (Wildman–Crippen LogP) is 2.78. The summed E-state index contributed by atoms with van der Waals surface area (Å²) >= 11 is 0. The maximum Gasteiger partial charge on any atom is 0.227 e. The summed E-state index contributed by atoms with van der Waals surface area (Å²) in [6.45, 7) is 2.77. The number of nitrogens with one attached hydrogen (secondary N) is 1. The average Bonchev–Trinajstić information content (AvgIpc) is 3.04. The molecule has 0 aromatic heterocycles. The topological polar surface area (TPSA) is 32.3 Å². The van der Waals surface area contributed by atoms with Crippen LogP contribution in [0.1, 0.15) is 31.2 Å². The molecular weight excluding hydrogens is 303 g/mol. The van der Waals surface area contributed by atoms with E-state index in [1.54, 1.807) is 18.2 Å². The molecule has 2 aliphatic heterocycles. The van der Waals surface area contributed by atoms with E-state index >= 15 is 0 Å². The standard InChI is InChI=1S/C17H23FN2O.ClH/c18-15-5-2-1-4-14(15)12-17(21)20-10-7-13(8-11-20)16-6-3-9-19-16;/h1-2,4-5,13,16,19H,3,6-12H2;1H. The van der Waals surface area contributed by atoms with E-state index in [1.165, 1.54) is 18.9 Å². The zero-order chi connectivity index (χ0) is 14.7. The maximum atomic E-state index is 13.6. The van der Waals surface area contributed by atoms with Gasteiger partial charge in [-0.2, -0.15) is 0 Å². The van der Waals surface area contributed by atoms with Crippen LogP contribution in [-0.4, -0.2) is 36.5 Å². The van der Waals surface area contributed by atoms with Gasteiger partial charge in [0.1, 0.15) is 5.82 Å². The van der Waals surface area contributed by atoms with Crippen LogP contribution in [-0.2, 0) is 11.2 Å². The Labute approximate surface area is 137 Å². The molecule has 1 atom stereocenters. The van der Waals surface area contributed by atoms with E-state index in [4.69, 9.17) is 0 Å². The first-order valence-corrected chi connectivity index (χ1v) is 7.98. The number of hydrogen-bond donors (Lipinski definition) is 1. The van der Waals surface area contributed by atoms with Crippen molar-refractivity contribution >= 4 is 18.3 Å². The molecule has 2 heterocycles. The summed E-state index contributed by atoms with van der Waals surface area (Å²) < 4.78 is 13.6. The van der Waals surface area contributed by atoms with Crippen molar-refractivity contribution in [3.8, 4) is 0 Å². The van der Waals surface area contributed by atoms with Crippen LogP contribution < -0.4 is 5.32 Å². The van der Waals surface area contributed by atoms with Crippen molar-refractivity contribution in [1.82, 2.24) is 10.2 Å². The third-order valence-electron chi connectivity index (χ3n) is 4.86. The van der Waals surface area contributed by atoms with Crippen LogP contribution in [0.3, 0.4) is 0 Å². The average molecular weight is 327 g/mol. The smallest absolute Gasteiger partial charge is 0.227 e. The monoisotopic (exact) mass is 326 g/mol. The fourth-order valence-electron chi connectivity index (χ4n) is 3.58. The lowest BCUT2D eigenvalue weighted by Gasteiger charge is -2.35. The molecule has 2 aliphatic rings. The zero-order valence-corrected chi connectivity index (χ0v) is 13.6. The van der Waals surface area contributed by atoms with Crippen LogP contribution in [0.2, 0.25) is 0 Å². The van der Waals surface area contributed by atoms with Gasteiger partial charge >= 0.3 is 0 Å². The number of likely N-dealkylation sites (tertiary alicyclic amines) is 1. The van der Waals surface area contributed by atoms with Gasteiger partial charge in [-0.15, -0.1) is 12.4 Å². The van der Waals surface area contributed by atoms with E-state index in [0.29, 0.717) is 17.5 Å². The van der Waals surface area contributed by atoms with Gasteiger partial charge < -0.3 is 10.2 Å². The molecule has 0 saturated carbocycles. The van der Waals surface area contributed by atoms with Crippen LogP contribution in [0.25, 0.3) is 0 Å². The molecule has 2 saturated heterocycles. The first-order chi connectivity index (χ1) is 10.2. The quantitative estimate of drug-likeness (QED) is 0.926. The highest BCUT2D eigenvalue weighted by Gasteiger charge is 2.29. The highest BCUT2D eigenvalue weighted by Crippen LogP contribution is 2.26. The Balaban J connectivity index is 0.00000176. The summed E-state index contributed by atoms with van der Waals surface area (Å²) in [7, 11) is 0. The first-order valence-electron chi connectivity index (χ1n) is 7.98. The number of piperidine rings is 1. The number of nitrogens with zero attached hydrogens (tertiary/aromatic N) is 1. The summed E-state index contributed by atoms with van der Waals surface area (Å²) in [6, 6.07) is 7.20. The third kappa shape index (κ3) is 3.99. The number of carbonyl (C=O) groups excluding carboxylic acids is 1. The lowest BCUT2D eigenvalue weighted by Crippen LogP contribution is -2.43. The minimum absolute atomic E-state index is 0. The van der Waals surface area contributed by atoms with E-state index in [9.17, 15) is 9.18 Å². The molecule has 0 radical (unpaired) electrons. The molecule has 5 heteroatoms. The predicted molar refractivity (Wildman–Crippen MR) is 87.7 cm³/mol. The Morgan fingerprint density at radius 1 is 1.23 bits per heavy atom. The van der Waals surface area contributed by atoms with E-state index in [1.807, 2.05) is 4.90 Å². The van der Waals surface area contributed by atoms with Crippen molar-refractivity contribution in [2.24, 2.45) is 5.92 Å². The van der Waals surface area contributed by atoms with Gasteiger partial charge in [-0.3, -0.25) is 4.79 Å². The Morgan fingerprint density at radius 2 is 1.95 bits per heavy atom. The van der Waals surface area contributed by atoms with E-state index in [2.05, 4.69) is 5.32 Å². The van der Waals surface area contributed by atoms with Gasteiger partial charge in [0.05, 0.1) is 6.42 Å².